The van der Waals surface area contributed by atoms with Crippen LogP contribution in [-0.2, 0) is 0 Å². The van der Waals surface area contributed by atoms with E-state index in [2.05, 4.69) is 29.3 Å². The monoisotopic (exact) mass is 309 g/mol. The van der Waals surface area contributed by atoms with Crippen LogP contribution in [0.1, 0.15) is 37.0 Å². The Balaban J connectivity index is 1.69. The second kappa shape index (κ2) is 6.92. The van der Waals surface area contributed by atoms with E-state index in [-0.39, 0.29) is 5.91 Å². The summed E-state index contributed by atoms with van der Waals surface area (Å²) in [5.41, 5.74) is 4.49. The maximum Gasteiger partial charge on any atom is 0.271 e. The van der Waals surface area contributed by atoms with Crippen molar-refractivity contribution in [3.63, 3.8) is 0 Å². The van der Waals surface area contributed by atoms with Crippen LogP contribution in [0.4, 0.5) is 0 Å². The normalized spacial score (nSPS) is 15.9. The topological polar surface area (TPSA) is 44.7 Å². The largest absolute Gasteiger partial charge is 0.300 e. The van der Waals surface area contributed by atoms with Crippen molar-refractivity contribution in [2.24, 2.45) is 5.10 Å². The Bertz CT molecular complexity index is 721. The molecule has 0 aromatic heterocycles. The molecule has 1 heterocycles. The fraction of sp³-hybridized carbons (Fsp3) is 0.368. The number of hydrogen-bond donors (Lipinski definition) is 1. The van der Waals surface area contributed by atoms with Gasteiger partial charge in [-0.2, -0.15) is 5.10 Å². The van der Waals surface area contributed by atoms with Crippen LogP contribution in [0.15, 0.2) is 47.6 Å². The number of rotatable bonds is 3. The minimum absolute atomic E-state index is 0.138. The zero-order chi connectivity index (χ0) is 16.2. The van der Waals surface area contributed by atoms with E-state index >= 15 is 0 Å². The number of likely N-dealkylation sites (tertiary alicyclic amines) is 1. The van der Waals surface area contributed by atoms with Gasteiger partial charge in [-0.25, -0.2) is 5.43 Å². The van der Waals surface area contributed by atoms with Crippen LogP contribution >= 0.6 is 0 Å². The molecule has 4 nitrogen and oxygen atoms in total. The summed E-state index contributed by atoms with van der Waals surface area (Å²) in [6.45, 7) is 6.45. The van der Waals surface area contributed by atoms with E-state index in [1.54, 1.807) is 0 Å². The highest BCUT2D eigenvalue weighted by Gasteiger charge is 2.17. The fourth-order valence-corrected chi connectivity index (χ4v) is 3.02. The predicted octanol–water partition coefficient (Wildman–Crippen LogP) is 3.43. The van der Waals surface area contributed by atoms with Crippen LogP contribution in [0.25, 0.3) is 10.8 Å². The minimum Gasteiger partial charge on any atom is -0.300 e. The van der Waals surface area contributed by atoms with Crippen molar-refractivity contribution < 1.29 is 4.79 Å². The van der Waals surface area contributed by atoms with E-state index < -0.39 is 0 Å². The number of fused-ring (bicyclic) bond motifs is 1. The number of hydrogen-bond acceptors (Lipinski definition) is 3. The number of nitrogens with one attached hydrogen (secondary N) is 1. The van der Waals surface area contributed by atoms with Crippen LogP contribution in [0.3, 0.4) is 0 Å². The zero-order valence-corrected chi connectivity index (χ0v) is 13.7. The third-order valence-electron chi connectivity index (χ3n) is 4.46. The maximum absolute atomic E-state index is 12.4. The van der Waals surface area contributed by atoms with E-state index in [1.807, 2.05) is 42.5 Å². The standard InChI is InChI=1S/C19H23N3O/c1-14(2)22-12-10-16(11-13-22)20-21-19(23)18-9-5-7-15-6-3-4-8-17(15)18/h3-9,14H,10-13H2,1-2H3,(H,21,23). The van der Waals surface area contributed by atoms with E-state index in [9.17, 15) is 4.79 Å². The molecule has 1 amide bonds. The lowest BCUT2D eigenvalue weighted by molar-refractivity contribution is 0.0956. The van der Waals surface area contributed by atoms with Crippen molar-refractivity contribution in [3.05, 3.63) is 48.0 Å². The minimum atomic E-state index is -0.138. The van der Waals surface area contributed by atoms with Crippen LogP contribution < -0.4 is 5.43 Å². The van der Waals surface area contributed by atoms with Crippen molar-refractivity contribution in [1.29, 1.82) is 0 Å². The predicted molar refractivity (Wildman–Crippen MR) is 94.8 cm³/mol. The van der Waals surface area contributed by atoms with Crippen LogP contribution in [0, 0.1) is 0 Å². The molecule has 0 spiro atoms. The Morgan fingerprint density at radius 3 is 2.52 bits per heavy atom. The van der Waals surface area contributed by atoms with Gasteiger partial charge >= 0.3 is 0 Å². The first-order chi connectivity index (χ1) is 11.1. The number of amides is 1. The molecule has 2 aromatic rings. The number of carbonyl (C=O) groups is 1. The summed E-state index contributed by atoms with van der Waals surface area (Å²) in [6, 6.07) is 14.3. The average Bonchev–Trinajstić information content (AvgIpc) is 2.59. The maximum atomic E-state index is 12.4. The third-order valence-corrected chi connectivity index (χ3v) is 4.46. The van der Waals surface area contributed by atoms with E-state index in [4.69, 9.17) is 0 Å². The molecule has 2 aromatic carbocycles. The molecule has 23 heavy (non-hydrogen) atoms. The van der Waals surface area contributed by atoms with Crippen LogP contribution in [0.2, 0.25) is 0 Å². The summed E-state index contributed by atoms with van der Waals surface area (Å²) in [6.07, 6.45) is 1.85. The molecule has 3 rings (SSSR count). The number of hydrazone groups is 1. The molecule has 1 N–H and O–H groups in total. The molecule has 0 saturated carbocycles. The molecule has 0 radical (unpaired) electrons. The summed E-state index contributed by atoms with van der Waals surface area (Å²) < 4.78 is 0. The average molecular weight is 309 g/mol. The summed E-state index contributed by atoms with van der Waals surface area (Å²) in [4.78, 5) is 14.9. The Morgan fingerprint density at radius 1 is 1.09 bits per heavy atom. The molecule has 4 heteroatoms. The summed E-state index contributed by atoms with van der Waals surface area (Å²) >= 11 is 0. The fourth-order valence-electron chi connectivity index (χ4n) is 3.02. The quantitative estimate of drug-likeness (QED) is 0.883. The molecule has 0 atom stereocenters. The Kier molecular flexibility index (Phi) is 4.72. The first kappa shape index (κ1) is 15.7. The van der Waals surface area contributed by atoms with Gasteiger partial charge in [0.2, 0.25) is 0 Å². The van der Waals surface area contributed by atoms with Gasteiger partial charge in [0.05, 0.1) is 0 Å². The van der Waals surface area contributed by atoms with Gasteiger partial charge in [-0.1, -0.05) is 36.4 Å². The second-order valence-electron chi connectivity index (χ2n) is 6.28. The van der Waals surface area contributed by atoms with Crippen molar-refractivity contribution >= 4 is 22.4 Å². The smallest absolute Gasteiger partial charge is 0.271 e. The molecule has 0 aliphatic carbocycles. The Labute approximate surface area is 137 Å². The van der Waals surface area contributed by atoms with Crippen molar-refractivity contribution in [3.8, 4) is 0 Å². The molecule has 1 saturated heterocycles. The summed E-state index contributed by atoms with van der Waals surface area (Å²) in [5.74, 6) is -0.138. The van der Waals surface area contributed by atoms with Crippen molar-refractivity contribution in [1.82, 2.24) is 10.3 Å². The Morgan fingerprint density at radius 2 is 1.78 bits per heavy atom. The van der Waals surface area contributed by atoms with Gasteiger partial charge in [0.25, 0.3) is 5.91 Å². The number of nitrogens with zero attached hydrogens (tertiary/aromatic N) is 2. The van der Waals surface area contributed by atoms with Crippen molar-refractivity contribution in [2.75, 3.05) is 13.1 Å². The third kappa shape index (κ3) is 3.59. The van der Waals surface area contributed by atoms with E-state index in [0.717, 1.165) is 42.4 Å². The van der Waals surface area contributed by atoms with Gasteiger partial charge in [-0.05, 0) is 30.7 Å². The highest BCUT2D eigenvalue weighted by molar-refractivity contribution is 6.07. The first-order valence-electron chi connectivity index (χ1n) is 8.23. The second-order valence-corrected chi connectivity index (χ2v) is 6.28. The van der Waals surface area contributed by atoms with Gasteiger partial charge in [-0.3, -0.25) is 4.79 Å². The first-order valence-corrected chi connectivity index (χ1v) is 8.23. The lowest BCUT2D eigenvalue weighted by Crippen LogP contribution is -2.39. The van der Waals surface area contributed by atoms with Crippen LogP contribution in [0.5, 0.6) is 0 Å². The van der Waals surface area contributed by atoms with E-state index in [1.165, 1.54) is 0 Å². The summed E-state index contributed by atoms with van der Waals surface area (Å²) in [7, 11) is 0. The summed E-state index contributed by atoms with van der Waals surface area (Å²) in [5, 5.41) is 6.38. The van der Waals surface area contributed by atoms with Crippen molar-refractivity contribution in [2.45, 2.75) is 32.7 Å². The lowest BCUT2D eigenvalue weighted by Gasteiger charge is -2.30. The van der Waals surface area contributed by atoms with Crippen LogP contribution in [-0.4, -0.2) is 35.7 Å². The molecule has 0 bridgehead atoms. The molecular weight excluding hydrogens is 286 g/mol. The molecule has 0 unspecified atom stereocenters. The number of carbonyl (C=O) groups excluding carboxylic acids is 1. The molecule has 120 valence electrons. The lowest BCUT2D eigenvalue weighted by atomic mass is 10.0. The van der Waals surface area contributed by atoms with E-state index in [0.29, 0.717) is 11.6 Å². The molecular formula is C19H23N3O. The Hall–Kier alpha value is -2.20. The van der Waals surface area contributed by atoms with Gasteiger partial charge in [0.15, 0.2) is 0 Å². The number of benzene rings is 2. The highest BCUT2D eigenvalue weighted by Crippen LogP contribution is 2.18. The van der Waals surface area contributed by atoms with Gasteiger partial charge in [-0.15, -0.1) is 0 Å². The molecule has 1 fully saturated rings. The zero-order valence-electron chi connectivity index (χ0n) is 13.7. The number of piperidine rings is 1. The molecule has 1 aliphatic heterocycles. The SMILES string of the molecule is CC(C)N1CCC(=NNC(=O)c2cccc3ccccc23)CC1. The highest BCUT2D eigenvalue weighted by atomic mass is 16.2. The van der Waals surface area contributed by atoms with Gasteiger partial charge in [0, 0.05) is 43.2 Å². The van der Waals surface area contributed by atoms with Gasteiger partial charge in [0.1, 0.15) is 0 Å². The van der Waals surface area contributed by atoms with Gasteiger partial charge < -0.3 is 4.90 Å². The molecule has 1 aliphatic rings.